The zero-order valence-corrected chi connectivity index (χ0v) is 13.7. The number of hydrogen-bond donors (Lipinski definition) is 2. The Morgan fingerprint density at radius 3 is 2.38 bits per heavy atom. The summed E-state index contributed by atoms with van der Waals surface area (Å²) < 4.78 is 1.87. The van der Waals surface area contributed by atoms with Crippen molar-refractivity contribution in [2.75, 3.05) is 5.43 Å². The fraction of sp³-hybridized carbons (Fsp3) is 0.533. The SMILES string of the molecule is CCc1c(C)nn(-c2cc(NN)nc(C(C)(C)C)n2)c1C. The van der Waals surface area contributed by atoms with Gasteiger partial charge in [-0.1, -0.05) is 27.7 Å². The van der Waals surface area contributed by atoms with E-state index in [2.05, 4.69) is 55.1 Å². The Balaban J connectivity index is 2.64. The van der Waals surface area contributed by atoms with E-state index in [1.165, 1.54) is 5.56 Å². The third-order valence-corrected chi connectivity index (χ3v) is 3.54. The van der Waals surface area contributed by atoms with Gasteiger partial charge in [-0.15, -0.1) is 0 Å². The molecule has 0 saturated carbocycles. The highest BCUT2D eigenvalue weighted by atomic mass is 15.3. The summed E-state index contributed by atoms with van der Waals surface area (Å²) in [7, 11) is 0. The lowest BCUT2D eigenvalue weighted by Gasteiger charge is -2.18. The maximum atomic E-state index is 5.54. The van der Waals surface area contributed by atoms with Crippen molar-refractivity contribution in [3.63, 3.8) is 0 Å². The van der Waals surface area contributed by atoms with Gasteiger partial charge >= 0.3 is 0 Å². The molecule has 0 fully saturated rings. The number of aryl methyl sites for hydroxylation is 1. The molecule has 0 amide bonds. The van der Waals surface area contributed by atoms with E-state index in [1.807, 2.05) is 17.7 Å². The average molecular weight is 288 g/mol. The van der Waals surface area contributed by atoms with Crippen LogP contribution in [-0.4, -0.2) is 19.7 Å². The molecule has 6 nitrogen and oxygen atoms in total. The van der Waals surface area contributed by atoms with E-state index in [9.17, 15) is 0 Å². The summed E-state index contributed by atoms with van der Waals surface area (Å²) >= 11 is 0. The summed E-state index contributed by atoms with van der Waals surface area (Å²) in [6.45, 7) is 12.4. The first kappa shape index (κ1) is 15.4. The molecule has 6 heteroatoms. The molecule has 21 heavy (non-hydrogen) atoms. The number of anilines is 1. The first-order valence-corrected chi connectivity index (χ1v) is 7.19. The van der Waals surface area contributed by atoms with Crippen LogP contribution in [0.1, 0.15) is 50.5 Å². The first-order chi connectivity index (χ1) is 9.77. The lowest BCUT2D eigenvalue weighted by atomic mass is 9.96. The highest BCUT2D eigenvalue weighted by molar-refractivity contribution is 5.43. The predicted octanol–water partition coefficient (Wildman–Crippen LogP) is 2.42. The molecular weight excluding hydrogens is 264 g/mol. The zero-order valence-electron chi connectivity index (χ0n) is 13.7. The summed E-state index contributed by atoms with van der Waals surface area (Å²) in [6, 6.07) is 1.81. The highest BCUT2D eigenvalue weighted by Crippen LogP contribution is 2.23. The summed E-state index contributed by atoms with van der Waals surface area (Å²) in [5, 5.41) is 4.61. The van der Waals surface area contributed by atoms with Crippen molar-refractivity contribution in [2.45, 2.75) is 53.4 Å². The van der Waals surface area contributed by atoms with Gasteiger partial charge < -0.3 is 5.43 Å². The molecule has 0 bridgehead atoms. The van der Waals surface area contributed by atoms with Gasteiger partial charge in [-0.25, -0.2) is 20.5 Å². The number of nitrogen functional groups attached to an aromatic ring is 1. The summed E-state index contributed by atoms with van der Waals surface area (Å²) in [6.07, 6.45) is 0.955. The second kappa shape index (κ2) is 5.44. The summed E-state index contributed by atoms with van der Waals surface area (Å²) in [4.78, 5) is 9.11. The Hall–Kier alpha value is -1.95. The Morgan fingerprint density at radius 1 is 1.24 bits per heavy atom. The van der Waals surface area contributed by atoms with Crippen molar-refractivity contribution in [3.8, 4) is 5.82 Å². The number of hydrogen-bond acceptors (Lipinski definition) is 5. The lowest BCUT2D eigenvalue weighted by molar-refractivity contribution is 0.542. The highest BCUT2D eigenvalue weighted by Gasteiger charge is 2.21. The molecule has 0 aliphatic heterocycles. The van der Waals surface area contributed by atoms with Crippen molar-refractivity contribution in [2.24, 2.45) is 5.84 Å². The van der Waals surface area contributed by atoms with Gasteiger partial charge in [-0.3, -0.25) is 0 Å². The third kappa shape index (κ3) is 2.90. The second-order valence-corrected chi connectivity index (χ2v) is 6.24. The van der Waals surface area contributed by atoms with Gasteiger partial charge in [-0.05, 0) is 25.8 Å². The van der Waals surface area contributed by atoms with Crippen molar-refractivity contribution < 1.29 is 0 Å². The molecule has 114 valence electrons. The van der Waals surface area contributed by atoms with Gasteiger partial charge in [0.15, 0.2) is 5.82 Å². The van der Waals surface area contributed by atoms with Crippen LogP contribution < -0.4 is 11.3 Å². The van der Waals surface area contributed by atoms with Gasteiger partial charge in [0.25, 0.3) is 0 Å². The second-order valence-electron chi connectivity index (χ2n) is 6.24. The van der Waals surface area contributed by atoms with Crippen molar-refractivity contribution in [3.05, 3.63) is 28.8 Å². The van der Waals surface area contributed by atoms with Crippen LogP contribution in [0, 0.1) is 13.8 Å². The summed E-state index contributed by atoms with van der Waals surface area (Å²) in [5.41, 5.74) is 5.85. The van der Waals surface area contributed by atoms with Crippen LogP contribution in [0.3, 0.4) is 0 Å². The first-order valence-electron chi connectivity index (χ1n) is 7.19. The smallest absolute Gasteiger partial charge is 0.159 e. The molecule has 3 N–H and O–H groups in total. The molecule has 0 radical (unpaired) electrons. The van der Waals surface area contributed by atoms with E-state index in [-0.39, 0.29) is 5.41 Å². The van der Waals surface area contributed by atoms with Crippen molar-refractivity contribution in [1.29, 1.82) is 0 Å². The summed E-state index contributed by atoms with van der Waals surface area (Å²) in [5.74, 6) is 7.61. The number of rotatable bonds is 3. The normalized spacial score (nSPS) is 11.8. The standard InChI is InChI=1S/C15H24N6/c1-7-11-9(2)20-21(10(11)3)13-8-12(19-16)17-14(18-13)15(4,5)6/h8H,7,16H2,1-6H3,(H,17,18,19). The van der Waals surface area contributed by atoms with E-state index in [4.69, 9.17) is 5.84 Å². The zero-order chi connectivity index (χ0) is 15.8. The van der Waals surface area contributed by atoms with Crippen LogP contribution in [0.2, 0.25) is 0 Å². The minimum absolute atomic E-state index is 0.161. The van der Waals surface area contributed by atoms with Crippen LogP contribution in [0.5, 0.6) is 0 Å². The van der Waals surface area contributed by atoms with E-state index < -0.39 is 0 Å². The molecule has 0 saturated heterocycles. The minimum atomic E-state index is -0.161. The molecule has 0 aliphatic rings. The molecule has 0 unspecified atom stereocenters. The fourth-order valence-corrected chi connectivity index (χ4v) is 2.36. The topological polar surface area (TPSA) is 81.7 Å². The maximum absolute atomic E-state index is 5.54. The Labute approximate surface area is 125 Å². The molecule has 0 spiro atoms. The van der Waals surface area contributed by atoms with Crippen molar-refractivity contribution >= 4 is 5.82 Å². The number of aromatic nitrogens is 4. The van der Waals surface area contributed by atoms with Gasteiger partial charge in [0.05, 0.1) is 5.69 Å². The number of nitrogens with two attached hydrogens (primary N) is 1. The van der Waals surface area contributed by atoms with Gasteiger partial charge in [0, 0.05) is 17.2 Å². The van der Waals surface area contributed by atoms with Gasteiger partial charge in [-0.2, -0.15) is 5.10 Å². The molecule has 2 rings (SSSR count). The van der Waals surface area contributed by atoms with Crippen LogP contribution in [0.4, 0.5) is 5.82 Å². The van der Waals surface area contributed by atoms with E-state index in [0.29, 0.717) is 5.82 Å². The minimum Gasteiger partial charge on any atom is -0.308 e. The van der Waals surface area contributed by atoms with E-state index in [1.54, 1.807) is 0 Å². The molecule has 2 aromatic rings. The molecule has 2 heterocycles. The van der Waals surface area contributed by atoms with Crippen LogP contribution in [0.15, 0.2) is 6.07 Å². The molecule has 0 aromatic carbocycles. The quantitative estimate of drug-likeness (QED) is 0.669. The maximum Gasteiger partial charge on any atom is 0.159 e. The monoisotopic (exact) mass is 288 g/mol. The lowest BCUT2D eigenvalue weighted by Crippen LogP contribution is -2.20. The Morgan fingerprint density at radius 2 is 1.90 bits per heavy atom. The van der Waals surface area contributed by atoms with E-state index >= 15 is 0 Å². The third-order valence-electron chi connectivity index (χ3n) is 3.54. The van der Waals surface area contributed by atoms with Crippen molar-refractivity contribution in [1.82, 2.24) is 19.7 Å². The Kier molecular flexibility index (Phi) is 4.00. The molecule has 0 atom stereocenters. The number of hydrazine groups is 1. The number of nitrogens with one attached hydrogen (secondary N) is 1. The van der Waals surface area contributed by atoms with E-state index in [0.717, 1.165) is 29.5 Å². The number of nitrogens with zero attached hydrogens (tertiary/aromatic N) is 4. The predicted molar refractivity (Wildman–Crippen MR) is 84.5 cm³/mol. The van der Waals surface area contributed by atoms with Crippen LogP contribution in [0.25, 0.3) is 5.82 Å². The average Bonchev–Trinajstić information content (AvgIpc) is 2.72. The molecule has 0 aliphatic carbocycles. The molecule has 2 aromatic heterocycles. The fourth-order valence-electron chi connectivity index (χ4n) is 2.36. The van der Waals surface area contributed by atoms with Crippen LogP contribution >= 0.6 is 0 Å². The molecular formula is C15H24N6. The largest absolute Gasteiger partial charge is 0.308 e. The van der Waals surface area contributed by atoms with Gasteiger partial charge in [0.1, 0.15) is 11.6 Å². The van der Waals surface area contributed by atoms with Crippen LogP contribution in [-0.2, 0) is 11.8 Å². The van der Waals surface area contributed by atoms with Gasteiger partial charge in [0.2, 0.25) is 0 Å². The Bertz CT molecular complexity index is 651.